The van der Waals surface area contributed by atoms with Gasteiger partial charge in [-0.05, 0) is 44.1 Å². The summed E-state index contributed by atoms with van der Waals surface area (Å²) in [5, 5.41) is 9.20. The minimum Gasteiger partial charge on any atom is -0.357 e. The van der Waals surface area contributed by atoms with Crippen LogP contribution in [0.2, 0.25) is 0 Å². The maximum Gasteiger partial charge on any atom is 0.191 e. The zero-order valence-corrected chi connectivity index (χ0v) is 18.0. The Morgan fingerprint density at radius 1 is 1.33 bits per heavy atom. The van der Waals surface area contributed by atoms with Gasteiger partial charge in [0.15, 0.2) is 5.96 Å². The number of aliphatic imine (C=N–C) groups is 1. The number of hydrogen-bond acceptors (Lipinski definition) is 3. The number of likely N-dealkylation sites (tertiary alicyclic amines) is 1. The van der Waals surface area contributed by atoms with Crippen molar-refractivity contribution in [3.05, 3.63) is 22.4 Å². The smallest absolute Gasteiger partial charge is 0.191 e. The van der Waals surface area contributed by atoms with Crippen molar-refractivity contribution in [2.45, 2.75) is 57.5 Å². The number of halogens is 1. The van der Waals surface area contributed by atoms with Crippen LogP contribution in [-0.2, 0) is 0 Å². The summed E-state index contributed by atoms with van der Waals surface area (Å²) in [6.07, 6.45) is 5.31. The number of nitrogens with zero attached hydrogens (tertiary/aromatic N) is 2. The largest absolute Gasteiger partial charge is 0.357 e. The summed E-state index contributed by atoms with van der Waals surface area (Å²) in [4.78, 5) is 8.90. The first-order chi connectivity index (χ1) is 11.3. The van der Waals surface area contributed by atoms with E-state index in [0.29, 0.717) is 12.0 Å². The van der Waals surface area contributed by atoms with Gasteiger partial charge in [-0.25, -0.2) is 0 Å². The Hall–Kier alpha value is -0.340. The van der Waals surface area contributed by atoms with Gasteiger partial charge in [-0.2, -0.15) is 0 Å². The van der Waals surface area contributed by atoms with Crippen LogP contribution in [0.4, 0.5) is 0 Å². The van der Waals surface area contributed by atoms with Gasteiger partial charge in [-0.3, -0.25) is 4.99 Å². The molecule has 0 amide bonds. The van der Waals surface area contributed by atoms with Crippen LogP contribution < -0.4 is 10.6 Å². The fourth-order valence-corrected chi connectivity index (χ4v) is 4.03. The highest BCUT2D eigenvalue weighted by atomic mass is 127. The third-order valence-electron chi connectivity index (χ3n) is 4.83. The molecule has 1 unspecified atom stereocenters. The minimum atomic E-state index is 0. The highest BCUT2D eigenvalue weighted by molar-refractivity contribution is 14.0. The van der Waals surface area contributed by atoms with E-state index in [1.807, 2.05) is 11.3 Å². The SMILES string of the molecule is CCNC(=NCC(C)c1cccs1)NC1CCN(C2CC2)CC1.I. The van der Waals surface area contributed by atoms with Gasteiger partial charge < -0.3 is 15.5 Å². The van der Waals surface area contributed by atoms with Crippen molar-refractivity contribution in [3.63, 3.8) is 0 Å². The summed E-state index contributed by atoms with van der Waals surface area (Å²) >= 11 is 1.82. The van der Waals surface area contributed by atoms with E-state index in [1.54, 1.807) is 0 Å². The van der Waals surface area contributed by atoms with Crippen molar-refractivity contribution in [3.8, 4) is 0 Å². The van der Waals surface area contributed by atoms with E-state index in [4.69, 9.17) is 4.99 Å². The predicted molar refractivity (Wildman–Crippen MR) is 115 cm³/mol. The molecule has 2 heterocycles. The molecule has 1 saturated carbocycles. The van der Waals surface area contributed by atoms with Crippen molar-refractivity contribution in [1.82, 2.24) is 15.5 Å². The van der Waals surface area contributed by atoms with Gasteiger partial charge in [-0.15, -0.1) is 35.3 Å². The standard InChI is InChI=1S/C18H30N4S.HI/c1-3-19-18(20-13-14(2)17-5-4-12-23-17)21-15-8-10-22(11-9-15)16-6-7-16;/h4-5,12,14-16H,3,6-11,13H2,1-2H3,(H2,19,20,21);1H. The van der Waals surface area contributed by atoms with E-state index in [0.717, 1.165) is 25.1 Å². The molecule has 1 aromatic rings. The summed E-state index contributed by atoms with van der Waals surface area (Å²) in [6, 6.07) is 5.81. The molecule has 0 bridgehead atoms. The monoisotopic (exact) mass is 462 g/mol. The summed E-state index contributed by atoms with van der Waals surface area (Å²) < 4.78 is 0. The molecule has 2 aliphatic rings. The molecule has 0 radical (unpaired) electrons. The number of piperidine rings is 1. The quantitative estimate of drug-likeness (QED) is 0.385. The molecule has 4 nitrogen and oxygen atoms in total. The summed E-state index contributed by atoms with van der Waals surface area (Å²) in [5.41, 5.74) is 0. The second kappa shape index (κ2) is 9.97. The zero-order chi connectivity index (χ0) is 16.1. The molecule has 0 spiro atoms. The lowest BCUT2D eigenvalue weighted by molar-refractivity contribution is 0.197. The van der Waals surface area contributed by atoms with E-state index < -0.39 is 0 Å². The Kier molecular flexibility index (Phi) is 8.30. The highest BCUT2D eigenvalue weighted by Gasteiger charge is 2.31. The van der Waals surface area contributed by atoms with Crippen molar-refractivity contribution in [2.75, 3.05) is 26.2 Å². The molecule has 1 saturated heterocycles. The Morgan fingerprint density at radius 2 is 2.08 bits per heavy atom. The van der Waals surface area contributed by atoms with Gasteiger partial charge >= 0.3 is 0 Å². The minimum absolute atomic E-state index is 0. The summed E-state index contributed by atoms with van der Waals surface area (Å²) in [6.45, 7) is 8.64. The molecule has 2 fully saturated rings. The molecule has 136 valence electrons. The van der Waals surface area contributed by atoms with E-state index in [1.165, 1.54) is 43.6 Å². The van der Waals surface area contributed by atoms with E-state index in [-0.39, 0.29) is 24.0 Å². The normalized spacial score (nSPS) is 21.2. The number of guanidine groups is 1. The zero-order valence-electron chi connectivity index (χ0n) is 14.8. The van der Waals surface area contributed by atoms with E-state index in [9.17, 15) is 0 Å². The number of nitrogens with one attached hydrogen (secondary N) is 2. The average molecular weight is 462 g/mol. The lowest BCUT2D eigenvalue weighted by Crippen LogP contribution is -2.49. The summed E-state index contributed by atoms with van der Waals surface area (Å²) in [7, 11) is 0. The molecule has 6 heteroatoms. The maximum absolute atomic E-state index is 4.82. The van der Waals surface area contributed by atoms with Crippen molar-refractivity contribution in [2.24, 2.45) is 4.99 Å². The Labute approximate surface area is 167 Å². The van der Waals surface area contributed by atoms with Crippen LogP contribution in [-0.4, -0.2) is 49.1 Å². The second-order valence-corrected chi connectivity index (χ2v) is 7.80. The molecule has 1 aliphatic heterocycles. The number of rotatable bonds is 6. The predicted octanol–water partition coefficient (Wildman–Crippen LogP) is 3.65. The molecular formula is C18H31IN4S. The highest BCUT2D eigenvalue weighted by Crippen LogP contribution is 2.29. The van der Waals surface area contributed by atoms with Crippen LogP contribution in [0.15, 0.2) is 22.5 Å². The molecular weight excluding hydrogens is 431 g/mol. The third kappa shape index (κ3) is 5.88. The molecule has 1 aromatic heterocycles. The molecule has 0 aromatic carbocycles. The fourth-order valence-electron chi connectivity index (χ4n) is 3.25. The lowest BCUT2D eigenvalue weighted by Gasteiger charge is -2.33. The van der Waals surface area contributed by atoms with Crippen LogP contribution in [0, 0.1) is 0 Å². The van der Waals surface area contributed by atoms with Gasteiger partial charge in [0.1, 0.15) is 0 Å². The first kappa shape index (κ1) is 20.0. The maximum atomic E-state index is 4.82. The van der Waals surface area contributed by atoms with Gasteiger partial charge in [-0.1, -0.05) is 13.0 Å². The fraction of sp³-hybridized carbons (Fsp3) is 0.722. The second-order valence-electron chi connectivity index (χ2n) is 6.82. The number of thiophene rings is 1. The Bertz CT molecular complexity index is 493. The van der Waals surface area contributed by atoms with Gasteiger partial charge in [0.05, 0.1) is 6.54 Å². The van der Waals surface area contributed by atoms with Crippen molar-refractivity contribution >= 4 is 41.3 Å². The van der Waals surface area contributed by atoms with Gasteiger partial charge in [0, 0.05) is 42.5 Å². The molecule has 3 rings (SSSR count). The molecule has 1 aliphatic carbocycles. The Morgan fingerprint density at radius 3 is 2.67 bits per heavy atom. The van der Waals surface area contributed by atoms with Gasteiger partial charge in [0.25, 0.3) is 0 Å². The molecule has 2 N–H and O–H groups in total. The third-order valence-corrected chi connectivity index (χ3v) is 5.93. The van der Waals surface area contributed by atoms with Gasteiger partial charge in [0.2, 0.25) is 0 Å². The topological polar surface area (TPSA) is 39.7 Å². The van der Waals surface area contributed by atoms with Crippen molar-refractivity contribution in [1.29, 1.82) is 0 Å². The lowest BCUT2D eigenvalue weighted by atomic mass is 10.1. The van der Waals surface area contributed by atoms with Crippen LogP contribution in [0.3, 0.4) is 0 Å². The van der Waals surface area contributed by atoms with Crippen LogP contribution in [0.25, 0.3) is 0 Å². The first-order valence-electron chi connectivity index (χ1n) is 9.08. The van der Waals surface area contributed by atoms with E-state index >= 15 is 0 Å². The van der Waals surface area contributed by atoms with E-state index in [2.05, 4.69) is 46.9 Å². The first-order valence-corrected chi connectivity index (χ1v) is 9.96. The molecule has 1 atom stereocenters. The van der Waals surface area contributed by atoms with Crippen LogP contribution >= 0.6 is 35.3 Å². The van der Waals surface area contributed by atoms with Crippen LogP contribution in [0.1, 0.15) is 50.3 Å². The number of hydrogen-bond donors (Lipinski definition) is 2. The van der Waals surface area contributed by atoms with Crippen LogP contribution in [0.5, 0.6) is 0 Å². The summed E-state index contributed by atoms with van der Waals surface area (Å²) in [5.74, 6) is 1.47. The average Bonchev–Trinajstić information content (AvgIpc) is 3.27. The van der Waals surface area contributed by atoms with Crippen molar-refractivity contribution < 1.29 is 0 Å². The molecule has 24 heavy (non-hydrogen) atoms. The Balaban J connectivity index is 0.00000208.